The van der Waals surface area contributed by atoms with Crippen molar-refractivity contribution in [3.63, 3.8) is 0 Å². The van der Waals surface area contributed by atoms with E-state index in [2.05, 4.69) is 11.4 Å². The van der Waals surface area contributed by atoms with E-state index in [1.165, 1.54) is 0 Å². The maximum absolute atomic E-state index is 10.9. The number of rotatable bonds is 4. The second-order valence-corrected chi connectivity index (χ2v) is 5.60. The van der Waals surface area contributed by atoms with E-state index < -0.39 is 5.60 Å². The number of hydrogen-bond donors (Lipinski definition) is 2. The first-order chi connectivity index (χ1) is 9.05. The minimum atomic E-state index is -0.775. The SMILES string of the molecule is CCOc1ccc(C(C)(O)C2CCCNC2)cc1C. The topological polar surface area (TPSA) is 41.5 Å². The molecule has 0 radical (unpaired) electrons. The Bertz CT molecular complexity index is 423. The lowest BCUT2D eigenvalue weighted by molar-refractivity contribution is -0.0157. The molecule has 0 aromatic heterocycles. The van der Waals surface area contributed by atoms with Crippen molar-refractivity contribution in [2.75, 3.05) is 19.7 Å². The van der Waals surface area contributed by atoms with Crippen LogP contribution in [0.25, 0.3) is 0 Å². The van der Waals surface area contributed by atoms with E-state index in [4.69, 9.17) is 4.74 Å². The smallest absolute Gasteiger partial charge is 0.122 e. The lowest BCUT2D eigenvalue weighted by Crippen LogP contribution is -2.42. The zero-order valence-electron chi connectivity index (χ0n) is 12.2. The van der Waals surface area contributed by atoms with Crippen LogP contribution in [-0.4, -0.2) is 24.8 Å². The van der Waals surface area contributed by atoms with E-state index in [0.717, 1.165) is 42.8 Å². The van der Waals surface area contributed by atoms with E-state index in [0.29, 0.717) is 6.61 Å². The van der Waals surface area contributed by atoms with Gasteiger partial charge in [0.1, 0.15) is 5.75 Å². The third-order valence-electron chi connectivity index (χ3n) is 4.15. The predicted molar refractivity (Wildman–Crippen MR) is 77.5 cm³/mol. The molecular weight excluding hydrogens is 238 g/mol. The van der Waals surface area contributed by atoms with Crippen LogP contribution in [0, 0.1) is 12.8 Å². The van der Waals surface area contributed by atoms with E-state index in [1.807, 2.05) is 32.9 Å². The summed E-state index contributed by atoms with van der Waals surface area (Å²) >= 11 is 0. The molecule has 0 amide bonds. The van der Waals surface area contributed by atoms with Crippen LogP contribution in [0.5, 0.6) is 5.75 Å². The van der Waals surface area contributed by atoms with E-state index >= 15 is 0 Å². The van der Waals surface area contributed by atoms with Crippen LogP contribution in [0.3, 0.4) is 0 Å². The minimum Gasteiger partial charge on any atom is -0.494 e. The van der Waals surface area contributed by atoms with Crippen LogP contribution in [-0.2, 0) is 5.60 Å². The van der Waals surface area contributed by atoms with Crippen LogP contribution in [0.2, 0.25) is 0 Å². The number of piperidine rings is 1. The van der Waals surface area contributed by atoms with Gasteiger partial charge in [-0.25, -0.2) is 0 Å². The molecule has 0 aliphatic carbocycles. The Morgan fingerprint density at radius 1 is 1.47 bits per heavy atom. The van der Waals surface area contributed by atoms with Crippen LogP contribution in [0.1, 0.15) is 37.8 Å². The molecule has 1 aromatic rings. The third kappa shape index (κ3) is 3.10. The lowest BCUT2D eigenvalue weighted by atomic mass is 9.78. The molecule has 1 saturated heterocycles. The largest absolute Gasteiger partial charge is 0.494 e. The summed E-state index contributed by atoms with van der Waals surface area (Å²) in [4.78, 5) is 0. The number of benzene rings is 1. The lowest BCUT2D eigenvalue weighted by Gasteiger charge is -2.36. The Morgan fingerprint density at radius 3 is 2.84 bits per heavy atom. The molecule has 3 heteroatoms. The van der Waals surface area contributed by atoms with Gasteiger partial charge in [0.05, 0.1) is 12.2 Å². The molecule has 19 heavy (non-hydrogen) atoms. The Labute approximate surface area is 116 Å². The monoisotopic (exact) mass is 263 g/mol. The normalized spacial score (nSPS) is 22.8. The van der Waals surface area contributed by atoms with Crippen LogP contribution in [0.15, 0.2) is 18.2 Å². The number of aryl methyl sites for hydroxylation is 1. The summed E-state index contributed by atoms with van der Waals surface area (Å²) < 4.78 is 5.56. The van der Waals surface area contributed by atoms with Crippen molar-refractivity contribution in [3.05, 3.63) is 29.3 Å². The van der Waals surface area contributed by atoms with Crippen molar-refractivity contribution < 1.29 is 9.84 Å². The quantitative estimate of drug-likeness (QED) is 0.877. The highest BCUT2D eigenvalue weighted by Gasteiger charge is 2.34. The Balaban J connectivity index is 2.21. The number of hydrogen-bond acceptors (Lipinski definition) is 3. The number of ether oxygens (including phenoxy) is 1. The van der Waals surface area contributed by atoms with Gasteiger partial charge in [-0.3, -0.25) is 0 Å². The average Bonchev–Trinajstić information content (AvgIpc) is 2.42. The first-order valence-electron chi connectivity index (χ1n) is 7.22. The standard InChI is InChI=1S/C16H25NO2/c1-4-19-15-8-7-13(10-12(15)2)16(3,18)14-6-5-9-17-11-14/h7-8,10,14,17-18H,4-6,9,11H2,1-3H3. The first kappa shape index (κ1) is 14.4. The van der Waals surface area contributed by atoms with Gasteiger partial charge in [0.25, 0.3) is 0 Å². The van der Waals surface area contributed by atoms with Gasteiger partial charge in [-0.05, 0) is 63.4 Å². The van der Waals surface area contributed by atoms with Gasteiger partial charge in [0.15, 0.2) is 0 Å². The predicted octanol–water partition coefficient (Wildman–Crippen LogP) is 2.60. The summed E-state index contributed by atoms with van der Waals surface area (Å²) in [6.45, 7) is 8.57. The molecule has 2 unspecified atom stereocenters. The van der Waals surface area contributed by atoms with Gasteiger partial charge in [-0.1, -0.05) is 6.07 Å². The van der Waals surface area contributed by atoms with E-state index in [-0.39, 0.29) is 5.92 Å². The summed E-state index contributed by atoms with van der Waals surface area (Å²) in [6.07, 6.45) is 2.21. The zero-order valence-corrected chi connectivity index (χ0v) is 12.2. The van der Waals surface area contributed by atoms with Crippen molar-refractivity contribution >= 4 is 0 Å². The molecule has 2 N–H and O–H groups in total. The van der Waals surface area contributed by atoms with E-state index in [1.54, 1.807) is 0 Å². The second kappa shape index (κ2) is 5.93. The fraction of sp³-hybridized carbons (Fsp3) is 0.625. The Kier molecular flexibility index (Phi) is 4.48. The van der Waals surface area contributed by atoms with Crippen molar-refractivity contribution in [2.45, 2.75) is 39.2 Å². The Morgan fingerprint density at radius 2 is 2.26 bits per heavy atom. The number of aliphatic hydroxyl groups is 1. The summed E-state index contributed by atoms with van der Waals surface area (Å²) in [7, 11) is 0. The highest BCUT2D eigenvalue weighted by molar-refractivity contribution is 5.38. The van der Waals surface area contributed by atoms with Gasteiger partial charge >= 0.3 is 0 Å². The number of nitrogens with one attached hydrogen (secondary N) is 1. The highest BCUT2D eigenvalue weighted by Crippen LogP contribution is 2.35. The summed E-state index contributed by atoms with van der Waals surface area (Å²) in [5, 5.41) is 14.2. The van der Waals surface area contributed by atoms with Crippen molar-refractivity contribution in [1.82, 2.24) is 5.32 Å². The van der Waals surface area contributed by atoms with E-state index in [9.17, 15) is 5.11 Å². The fourth-order valence-electron chi connectivity index (χ4n) is 2.85. The van der Waals surface area contributed by atoms with Gasteiger partial charge < -0.3 is 15.2 Å². The molecule has 1 aliphatic rings. The fourth-order valence-corrected chi connectivity index (χ4v) is 2.85. The highest BCUT2D eigenvalue weighted by atomic mass is 16.5. The summed E-state index contributed by atoms with van der Waals surface area (Å²) in [5.41, 5.74) is 1.30. The maximum atomic E-state index is 10.9. The third-order valence-corrected chi connectivity index (χ3v) is 4.15. The van der Waals surface area contributed by atoms with Crippen molar-refractivity contribution in [2.24, 2.45) is 5.92 Å². The second-order valence-electron chi connectivity index (χ2n) is 5.60. The maximum Gasteiger partial charge on any atom is 0.122 e. The summed E-state index contributed by atoms with van der Waals surface area (Å²) in [6, 6.07) is 6.02. The molecule has 0 bridgehead atoms. The molecule has 1 heterocycles. The molecule has 2 rings (SSSR count). The molecule has 1 aliphatic heterocycles. The van der Waals surface area contributed by atoms with Crippen LogP contribution < -0.4 is 10.1 Å². The van der Waals surface area contributed by atoms with Gasteiger partial charge in [0, 0.05) is 12.5 Å². The van der Waals surface area contributed by atoms with Crippen LogP contribution >= 0.6 is 0 Å². The Hall–Kier alpha value is -1.06. The first-order valence-corrected chi connectivity index (χ1v) is 7.22. The van der Waals surface area contributed by atoms with Gasteiger partial charge in [0.2, 0.25) is 0 Å². The van der Waals surface area contributed by atoms with Crippen molar-refractivity contribution in [3.8, 4) is 5.75 Å². The molecule has 0 spiro atoms. The summed E-state index contributed by atoms with van der Waals surface area (Å²) in [5.74, 6) is 1.18. The molecule has 1 aromatic carbocycles. The van der Waals surface area contributed by atoms with Gasteiger partial charge in [-0.15, -0.1) is 0 Å². The van der Waals surface area contributed by atoms with Gasteiger partial charge in [-0.2, -0.15) is 0 Å². The molecule has 3 nitrogen and oxygen atoms in total. The average molecular weight is 263 g/mol. The molecule has 106 valence electrons. The van der Waals surface area contributed by atoms with Crippen LogP contribution in [0.4, 0.5) is 0 Å². The molecular formula is C16H25NO2. The van der Waals surface area contributed by atoms with Crippen molar-refractivity contribution in [1.29, 1.82) is 0 Å². The zero-order chi connectivity index (χ0) is 13.9. The minimum absolute atomic E-state index is 0.276. The molecule has 0 saturated carbocycles. The molecule has 1 fully saturated rings. The molecule has 2 atom stereocenters.